The molecule has 15 heavy (non-hydrogen) atoms. The summed E-state index contributed by atoms with van der Waals surface area (Å²) in [5.41, 5.74) is 0.286. The normalized spacial score (nSPS) is 10.1. The summed E-state index contributed by atoms with van der Waals surface area (Å²) in [6.45, 7) is 0. The predicted molar refractivity (Wildman–Crippen MR) is 56.6 cm³/mol. The number of aliphatic carboxylic acids is 1. The highest BCUT2D eigenvalue weighted by atomic mass is 79.9. The van der Waals surface area contributed by atoms with Gasteiger partial charge in [0.1, 0.15) is 11.6 Å². The molecule has 0 radical (unpaired) electrons. The first-order chi connectivity index (χ1) is 7.06. The van der Waals surface area contributed by atoms with E-state index in [1.165, 1.54) is 13.2 Å². The molecule has 0 saturated heterocycles. The van der Waals surface area contributed by atoms with E-state index in [0.29, 0.717) is 10.2 Å². The predicted octanol–water partition coefficient (Wildman–Crippen LogP) is 2.61. The maximum absolute atomic E-state index is 13.6. The van der Waals surface area contributed by atoms with Crippen molar-refractivity contribution in [2.75, 3.05) is 7.11 Å². The molecular formula is C10H10BrFO3. The molecule has 1 rings (SSSR count). The molecular weight excluding hydrogens is 267 g/mol. The van der Waals surface area contributed by atoms with Crippen molar-refractivity contribution in [3.05, 3.63) is 28.0 Å². The number of hydrogen-bond acceptors (Lipinski definition) is 2. The number of carbonyl (C=O) groups is 1. The first-order valence-corrected chi connectivity index (χ1v) is 5.08. The highest BCUT2D eigenvalue weighted by molar-refractivity contribution is 9.10. The van der Waals surface area contributed by atoms with E-state index in [2.05, 4.69) is 15.9 Å². The van der Waals surface area contributed by atoms with Crippen molar-refractivity contribution >= 4 is 21.9 Å². The van der Waals surface area contributed by atoms with Gasteiger partial charge in [-0.2, -0.15) is 0 Å². The maximum Gasteiger partial charge on any atom is 0.303 e. The monoisotopic (exact) mass is 276 g/mol. The quantitative estimate of drug-likeness (QED) is 0.920. The summed E-state index contributed by atoms with van der Waals surface area (Å²) in [4.78, 5) is 10.4. The number of hydrogen-bond donors (Lipinski definition) is 1. The molecule has 1 aromatic rings. The van der Waals surface area contributed by atoms with Gasteiger partial charge in [0, 0.05) is 12.0 Å². The highest BCUT2D eigenvalue weighted by Gasteiger charge is 2.13. The number of carboxylic acids is 1. The number of halogens is 2. The summed E-state index contributed by atoms with van der Waals surface area (Å²) in [5, 5.41) is 8.52. The topological polar surface area (TPSA) is 46.5 Å². The third kappa shape index (κ3) is 2.92. The van der Waals surface area contributed by atoms with E-state index in [-0.39, 0.29) is 18.4 Å². The van der Waals surface area contributed by atoms with Crippen molar-refractivity contribution in [1.29, 1.82) is 0 Å². The molecule has 0 atom stereocenters. The van der Waals surface area contributed by atoms with Gasteiger partial charge in [-0.05, 0) is 34.5 Å². The molecule has 3 nitrogen and oxygen atoms in total. The number of ether oxygens (including phenoxy) is 1. The van der Waals surface area contributed by atoms with Crippen LogP contribution in [0, 0.1) is 5.82 Å². The van der Waals surface area contributed by atoms with Crippen LogP contribution in [0.1, 0.15) is 12.0 Å². The van der Waals surface area contributed by atoms with Gasteiger partial charge in [-0.15, -0.1) is 0 Å². The van der Waals surface area contributed by atoms with E-state index < -0.39 is 11.8 Å². The molecule has 0 heterocycles. The lowest BCUT2D eigenvalue weighted by atomic mass is 10.1. The van der Waals surface area contributed by atoms with Gasteiger partial charge >= 0.3 is 5.97 Å². The van der Waals surface area contributed by atoms with E-state index in [0.717, 1.165) is 0 Å². The smallest absolute Gasteiger partial charge is 0.303 e. The number of rotatable bonds is 4. The van der Waals surface area contributed by atoms with Gasteiger partial charge in [-0.3, -0.25) is 4.79 Å². The van der Waals surface area contributed by atoms with Crippen LogP contribution >= 0.6 is 15.9 Å². The van der Waals surface area contributed by atoms with Crippen LogP contribution in [-0.2, 0) is 11.2 Å². The average Bonchev–Trinajstić information content (AvgIpc) is 2.20. The second-order valence-electron chi connectivity index (χ2n) is 2.94. The first kappa shape index (κ1) is 12.0. The van der Waals surface area contributed by atoms with E-state index in [1.807, 2.05) is 0 Å². The minimum atomic E-state index is -0.962. The van der Waals surface area contributed by atoms with Crippen molar-refractivity contribution in [3.63, 3.8) is 0 Å². The van der Waals surface area contributed by atoms with Crippen molar-refractivity contribution in [1.82, 2.24) is 0 Å². The van der Waals surface area contributed by atoms with Crippen LogP contribution in [-0.4, -0.2) is 18.2 Å². The van der Waals surface area contributed by atoms with Crippen LogP contribution in [0.25, 0.3) is 0 Å². The number of carboxylic acid groups (broad SMARTS) is 1. The molecule has 5 heteroatoms. The van der Waals surface area contributed by atoms with Crippen LogP contribution in [0.4, 0.5) is 4.39 Å². The van der Waals surface area contributed by atoms with E-state index in [9.17, 15) is 9.18 Å². The minimum Gasteiger partial charge on any atom is -0.496 e. The van der Waals surface area contributed by atoms with Crippen molar-refractivity contribution in [2.45, 2.75) is 12.8 Å². The van der Waals surface area contributed by atoms with Gasteiger partial charge in [0.2, 0.25) is 0 Å². The van der Waals surface area contributed by atoms with Gasteiger partial charge in [-0.1, -0.05) is 0 Å². The minimum absolute atomic E-state index is 0.115. The summed E-state index contributed by atoms with van der Waals surface area (Å²) in [6.07, 6.45) is -0.00644. The fraction of sp³-hybridized carbons (Fsp3) is 0.300. The Balaban J connectivity index is 3.01. The number of benzene rings is 1. The second-order valence-corrected chi connectivity index (χ2v) is 3.79. The summed E-state index contributed by atoms with van der Waals surface area (Å²) in [7, 11) is 1.42. The van der Waals surface area contributed by atoms with Crippen LogP contribution in [0.5, 0.6) is 5.75 Å². The molecule has 0 unspecified atom stereocenters. The molecule has 0 saturated carbocycles. The summed E-state index contributed by atoms with van der Waals surface area (Å²) < 4.78 is 18.8. The lowest BCUT2D eigenvalue weighted by Crippen LogP contribution is -2.02. The fourth-order valence-corrected chi connectivity index (χ4v) is 1.60. The molecule has 0 amide bonds. The number of methoxy groups -OCH3 is 1. The Bertz CT molecular complexity index is 379. The lowest BCUT2D eigenvalue weighted by Gasteiger charge is -2.09. The highest BCUT2D eigenvalue weighted by Crippen LogP contribution is 2.28. The van der Waals surface area contributed by atoms with Gasteiger partial charge in [0.25, 0.3) is 0 Å². The summed E-state index contributed by atoms with van der Waals surface area (Å²) in [6, 6.07) is 3.13. The third-order valence-corrected chi connectivity index (χ3v) is 2.57. The van der Waals surface area contributed by atoms with Crippen LogP contribution in [0.15, 0.2) is 16.6 Å². The molecule has 0 aromatic heterocycles. The zero-order valence-electron chi connectivity index (χ0n) is 8.09. The van der Waals surface area contributed by atoms with E-state index >= 15 is 0 Å². The second kappa shape index (κ2) is 5.11. The summed E-state index contributed by atoms with van der Waals surface area (Å²) in [5.74, 6) is -1.05. The molecule has 1 N–H and O–H groups in total. The SMILES string of the molecule is COc1ccc(Br)c(F)c1CCC(=O)O. The standard InChI is InChI=1S/C10H10BrFO3/c1-15-8-4-3-7(11)10(12)6(8)2-5-9(13)14/h3-4H,2,5H2,1H3,(H,13,14). The Labute approximate surface area is 95.0 Å². The Morgan fingerprint density at radius 1 is 1.60 bits per heavy atom. The van der Waals surface area contributed by atoms with Gasteiger partial charge < -0.3 is 9.84 Å². The summed E-state index contributed by atoms with van der Waals surface area (Å²) >= 11 is 3.04. The van der Waals surface area contributed by atoms with Crippen LogP contribution < -0.4 is 4.74 Å². The van der Waals surface area contributed by atoms with Gasteiger partial charge in [-0.25, -0.2) is 4.39 Å². The first-order valence-electron chi connectivity index (χ1n) is 4.29. The molecule has 0 bridgehead atoms. The molecule has 0 aliphatic heterocycles. The Kier molecular flexibility index (Phi) is 4.08. The van der Waals surface area contributed by atoms with Crippen LogP contribution in [0.2, 0.25) is 0 Å². The zero-order valence-corrected chi connectivity index (χ0v) is 9.67. The zero-order chi connectivity index (χ0) is 11.4. The Morgan fingerprint density at radius 2 is 2.27 bits per heavy atom. The van der Waals surface area contributed by atoms with E-state index in [1.54, 1.807) is 6.07 Å². The van der Waals surface area contributed by atoms with Crippen LogP contribution in [0.3, 0.4) is 0 Å². The average molecular weight is 277 g/mol. The maximum atomic E-state index is 13.6. The van der Waals surface area contributed by atoms with Crippen molar-refractivity contribution in [2.24, 2.45) is 0 Å². The molecule has 0 fully saturated rings. The molecule has 0 aliphatic carbocycles. The van der Waals surface area contributed by atoms with Crippen molar-refractivity contribution in [3.8, 4) is 5.75 Å². The fourth-order valence-electron chi connectivity index (χ4n) is 1.23. The lowest BCUT2D eigenvalue weighted by molar-refractivity contribution is -0.136. The van der Waals surface area contributed by atoms with Crippen molar-refractivity contribution < 1.29 is 19.0 Å². The third-order valence-electron chi connectivity index (χ3n) is 1.96. The molecule has 0 aliphatic rings. The molecule has 0 spiro atoms. The molecule has 1 aromatic carbocycles. The molecule has 82 valence electrons. The Morgan fingerprint density at radius 3 is 2.80 bits per heavy atom. The Hall–Kier alpha value is -1.10. The van der Waals surface area contributed by atoms with E-state index in [4.69, 9.17) is 9.84 Å². The largest absolute Gasteiger partial charge is 0.496 e. The van der Waals surface area contributed by atoms with Gasteiger partial charge in [0.05, 0.1) is 11.6 Å². The van der Waals surface area contributed by atoms with Gasteiger partial charge in [0.15, 0.2) is 0 Å².